The maximum Gasteiger partial charge on any atom is 0.229 e. The van der Waals surface area contributed by atoms with Gasteiger partial charge in [-0.1, -0.05) is 0 Å². The fourth-order valence-corrected chi connectivity index (χ4v) is 1.29. The third-order valence-electron chi connectivity index (χ3n) is 1.81. The number of methoxy groups -OCH3 is 1. The first kappa shape index (κ1) is 11.0. The lowest BCUT2D eigenvalue weighted by atomic mass is 10.4. The molecule has 1 rings (SSSR count). The minimum atomic E-state index is -0.0677. The highest BCUT2D eigenvalue weighted by Gasteiger charge is 2.09. The Kier molecular flexibility index (Phi) is 3.46. The van der Waals surface area contributed by atoms with Crippen molar-refractivity contribution >= 4 is 27.7 Å². The average Bonchev–Trinajstić information content (AvgIpc) is 2.17. The van der Waals surface area contributed by atoms with Crippen molar-refractivity contribution in [3.63, 3.8) is 0 Å². The van der Waals surface area contributed by atoms with Crippen molar-refractivity contribution in [2.24, 2.45) is 0 Å². The number of carbonyl (C=O) groups excluding carboxylic acids is 1. The summed E-state index contributed by atoms with van der Waals surface area (Å²) in [7, 11) is 3.20. The van der Waals surface area contributed by atoms with E-state index in [1.165, 1.54) is 18.9 Å². The molecule has 0 saturated heterocycles. The molecule has 0 saturated carbocycles. The fraction of sp³-hybridized carbons (Fsp3) is 0.333. The number of aromatic nitrogens is 1. The van der Waals surface area contributed by atoms with Crippen LogP contribution in [0.15, 0.2) is 16.6 Å². The van der Waals surface area contributed by atoms with Crippen LogP contribution in [0.2, 0.25) is 0 Å². The molecular weight excluding hydrogens is 248 g/mol. The Labute approximate surface area is 91.0 Å². The van der Waals surface area contributed by atoms with E-state index >= 15 is 0 Å². The number of carbonyl (C=O) groups is 1. The molecule has 0 fully saturated rings. The van der Waals surface area contributed by atoms with E-state index in [0.29, 0.717) is 11.7 Å². The first-order valence-electron chi connectivity index (χ1n) is 4.01. The summed E-state index contributed by atoms with van der Waals surface area (Å²) in [5.74, 6) is 0.968. The SMILES string of the molecule is COc1nc(N(C)C(C)=O)ccc1Br. The normalized spacial score (nSPS) is 9.71. The second kappa shape index (κ2) is 4.41. The van der Waals surface area contributed by atoms with Crippen LogP contribution in [-0.2, 0) is 4.79 Å². The summed E-state index contributed by atoms with van der Waals surface area (Å²) in [4.78, 5) is 16.7. The standard InChI is InChI=1S/C9H11BrN2O2/c1-6(13)12(2)8-5-4-7(10)9(11-8)14-3/h4-5H,1-3H3. The minimum Gasteiger partial charge on any atom is -0.480 e. The molecule has 76 valence electrons. The lowest BCUT2D eigenvalue weighted by Gasteiger charge is -2.14. The molecule has 1 heterocycles. The number of anilines is 1. The summed E-state index contributed by atoms with van der Waals surface area (Å²) in [6, 6.07) is 3.54. The van der Waals surface area contributed by atoms with E-state index < -0.39 is 0 Å². The summed E-state index contributed by atoms with van der Waals surface area (Å²) in [5.41, 5.74) is 0. The molecule has 0 aliphatic carbocycles. The molecule has 1 amide bonds. The van der Waals surface area contributed by atoms with Crippen molar-refractivity contribution in [3.05, 3.63) is 16.6 Å². The molecule has 0 spiro atoms. The van der Waals surface area contributed by atoms with Gasteiger partial charge in [0.2, 0.25) is 11.8 Å². The molecule has 0 aliphatic heterocycles. The summed E-state index contributed by atoms with van der Waals surface area (Å²) in [5, 5.41) is 0. The van der Waals surface area contributed by atoms with Gasteiger partial charge in [0.25, 0.3) is 0 Å². The molecule has 0 aliphatic rings. The zero-order chi connectivity index (χ0) is 10.7. The van der Waals surface area contributed by atoms with Gasteiger partial charge in [-0.3, -0.25) is 4.79 Å². The molecule has 0 atom stereocenters. The van der Waals surface area contributed by atoms with Crippen LogP contribution in [0.1, 0.15) is 6.92 Å². The summed E-state index contributed by atoms with van der Waals surface area (Å²) in [6.07, 6.45) is 0. The van der Waals surface area contributed by atoms with E-state index in [9.17, 15) is 4.79 Å². The van der Waals surface area contributed by atoms with Gasteiger partial charge in [-0.15, -0.1) is 0 Å². The molecule has 14 heavy (non-hydrogen) atoms. The van der Waals surface area contributed by atoms with Crippen LogP contribution in [0.4, 0.5) is 5.82 Å². The van der Waals surface area contributed by atoms with Gasteiger partial charge in [-0.25, -0.2) is 0 Å². The van der Waals surface area contributed by atoms with Crippen LogP contribution in [0.25, 0.3) is 0 Å². The molecule has 0 unspecified atom stereocenters. The maximum atomic E-state index is 11.1. The second-order valence-corrected chi connectivity index (χ2v) is 3.59. The molecule has 4 nitrogen and oxygen atoms in total. The van der Waals surface area contributed by atoms with E-state index in [1.807, 2.05) is 0 Å². The lowest BCUT2D eigenvalue weighted by molar-refractivity contribution is -0.116. The van der Waals surface area contributed by atoms with Crippen LogP contribution < -0.4 is 9.64 Å². The van der Waals surface area contributed by atoms with Crippen molar-refractivity contribution in [2.45, 2.75) is 6.92 Å². The third-order valence-corrected chi connectivity index (χ3v) is 2.41. The molecule has 0 N–H and O–H groups in total. The van der Waals surface area contributed by atoms with E-state index in [4.69, 9.17) is 4.74 Å². The summed E-state index contributed by atoms with van der Waals surface area (Å²) < 4.78 is 5.78. The average molecular weight is 259 g/mol. The Balaban J connectivity index is 3.06. The molecule has 1 aromatic heterocycles. The molecule has 0 aromatic carbocycles. The molecule has 1 aromatic rings. The van der Waals surface area contributed by atoms with Gasteiger partial charge in [0, 0.05) is 14.0 Å². The largest absolute Gasteiger partial charge is 0.480 e. The summed E-state index contributed by atoms with van der Waals surface area (Å²) >= 11 is 3.29. The summed E-state index contributed by atoms with van der Waals surface area (Å²) in [6.45, 7) is 1.48. The number of ether oxygens (including phenoxy) is 1. The van der Waals surface area contributed by atoms with Gasteiger partial charge >= 0.3 is 0 Å². The van der Waals surface area contributed by atoms with Crippen molar-refractivity contribution in [3.8, 4) is 5.88 Å². The number of nitrogens with zero attached hydrogens (tertiary/aromatic N) is 2. The maximum absolute atomic E-state index is 11.1. The van der Waals surface area contributed by atoms with Crippen molar-refractivity contribution in [1.29, 1.82) is 0 Å². The van der Waals surface area contributed by atoms with Crippen molar-refractivity contribution in [1.82, 2.24) is 4.98 Å². The first-order chi connectivity index (χ1) is 6.56. The Morgan fingerprint density at radius 2 is 2.21 bits per heavy atom. The van der Waals surface area contributed by atoms with Crippen LogP contribution in [0.3, 0.4) is 0 Å². The van der Waals surface area contributed by atoms with Crippen molar-refractivity contribution in [2.75, 3.05) is 19.1 Å². The number of hydrogen-bond acceptors (Lipinski definition) is 3. The minimum absolute atomic E-state index is 0.0677. The van der Waals surface area contributed by atoms with Gasteiger partial charge in [-0.2, -0.15) is 4.98 Å². The van der Waals surface area contributed by atoms with Crippen LogP contribution >= 0.6 is 15.9 Å². The smallest absolute Gasteiger partial charge is 0.229 e. The molecule has 0 bridgehead atoms. The van der Waals surface area contributed by atoms with Crippen LogP contribution in [0, 0.1) is 0 Å². The predicted molar refractivity (Wildman–Crippen MR) is 57.6 cm³/mol. The molecule has 5 heteroatoms. The topological polar surface area (TPSA) is 42.4 Å². The second-order valence-electron chi connectivity index (χ2n) is 2.74. The zero-order valence-electron chi connectivity index (χ0n) is 8.24. The van der Waals surface area contributed by atoms with Crippen molar-refractivity contribution < 1.29 is 9.53 Å². The van der Waals surface area contributed by atoms with Gasteiger partial charge in [-0.05, 0) is 28.1 Å². The number of pyridine rings is 1. The Bertz CT molecular complexity index is 355. The quantitative estimate of drug-likeness (QED) is 0.813. The Morgan fingerprint density at radius 1 is 1.57 bits per heavy atom. The van der Waals surface area contributed by atoms with E-state index in [2.05, 4.69) is 20.9 Å². The molecular formula is C9H11BrN2O2. The third kappa shape index (κ3) is 2.23. The number of rotatable bonds is 2. The number of hydrogen-bond donors (Lipinski definition) is 0. The van der Waals surface area contributed by atoms with Crippen LogP contribution in [0.5, 0.6) is 5.88 Å². The number of halogens is 1. The number of amides is 1. The van der Waals surface area contributed by atoms with E-state index in [-0.39, 0.29) is 5.91 Å². The first-order valence-corrected chi connectivity index (χ1v) is 4.80. The highest BCUT2D eigenvalue weighted by molar-refractivity contribution is 9.10. The highest BCUT2D eigenvalue weighted by atomic mass is 79.9. The lowest BCUT2D eigenvalue weighted by Crippen LogP contribution is -2.23. The predicted octanol–water partition coefficient (Wildman–Crippen LogP) is 1.84. The van der Waals surface area contributed by atoms with Gasteiger partial charge in [0.05, 0.1) is 11.6 Å². The molecule has 0 radical (unpaired) electrons. The monoisotopic (exact) mass is 258 g/mol. The van der Waals surface area contributed by atoms with E-state index in [0.717, 1.165) is 4.47 Å². The van der Waals surface area contributed by atoms with Gasteiger partial charge in [0.15, 0.2) is 0 Å². The fourth-order valence-electron chi connectivity index (χ4n) is 0.905. The van der Waals surface area contributed by atoms with Gasteiger partial charge < -0.3 is 9.64 Å². The van der Waals surface area contributed by atoms with Crippen LogP contribution in [-0.4, -0.2) is 25.0 Å². The Hall–Kier alpha value is -1.10. The zero-order valence-corrected chi connectivity index (χ0v) is 9.83. The van der Waals surface area contributed by atoms with Gasteiger partial charge in [0.1, 0.15) is 5.82 Å². The highest BCUT2D eigenvalue weighted by Crippen LogP contribution is 2.25. The Morgan fingerprint density at radius 3 is 2.71 bits per heavy atom. The van der Waals surface area contributed by atoms with E-state index in [1.54, 1.807) is 19.2 Å².